The number of piperidine rings is 1. The zero-order chi connectivity index (χ0) is 15.6. The van der Waals surface area contributed by atoms with Crippen molar-refractivity contribution in [2.24, 2.45) is 5.92 Å². The average molecular weight is 290 g/mol. The lowest BCUT2D eigenvalue weighted by molar-refractivity contribution is -0.145. The molecule has 1 heterocycles. The summed E-state index contributed by atoms with van der Waals surface area (Å²) in [6.07, 6.45) is 0.568. The molecule has 0 radical (unpaired) electrons. The highest BCUT2D eigenvalue weighted by Crippen LogP contribution is 2.35. The predicted octanol–water partition coefficient (Wildman–Crippen LogP) is 1.69. The topological polar surface area (TPSA) is 43.8 Å². The van der Waals surface area contributed by atoms with Crippen LogP contribution in [0.15, 0.2) is 30.3 Å². The SMILES string of the molecule is CC(C)C(=O)N1CCC(O)(c2ccccc2)[C@H](N(C)C)C1. The molecule has 1 amide bonds. The fourth-order valence-electron chi connectivity index (χ4n) is 3.14. The van der Waals surface area contributed by atoms with Crippen LogP contribution in [0.25, 0.3) is 0 Å². The number of nitrogens with zero attached hydrogens (tertiary/aromatic N) is 2. The zero-order valence-corrected chi connectivity index (χ0v) is 13.4. The van der Waals surface area contributed by atoms with Gasteiger partial charge in [0.15, 0.2) is 0 Å². The van der Waals surface area contributed by atoms with Crippen LogP contribution in [0.1, 0.15) is 25.8 Å². The Kier molecular flexibility index (Phi) is 4.69. The lowest BCUT2D eigenvalue weighted by Crippen LogP contribution is -2.60. The van der Waals surface area contributed by atoms with Gasteiger partial charge in [-0.25, -0.2) is 0 Å². The highest BCUT2D eigenvalue weighted by atomic mass is 16.3. The van der Waals surface area contributed by atoms with Crippen molar-refractivity contribution in [3.63, 3.8) is 0 Å². The molecule has 0 aliphatic carbocycles. The van der Waals surface area contributed by atoms with Gasteiger partial charge in [0.05, 0.1) is 6.04 Å². The van der Waals surface area contributed by atoms with Crippen LogP contribution in [-0.2, 0) is 10.4 Å². The molecule has 1 aromatic carbocycles. The molecular weight excluding hydrogens is 264 g/mol. The Bertz CT molecular complexity index is 487. The van der Waals surface area contributed by atoms with Gasteiger partial charge in [0.1, 0.15) is 5.60 Å². The largest absolute Gasteiger partial charge is 0.383 e. The first-order valence-corrected chi connectivity index (χ1v) is 7.59. The second kappa shape index (κ2) is 6.16. The van der Waals surface area contributed by atoms with Gasteiger partial charge in [-0.1, -0.05) is 44.2 Å². The minimum Gasteiger partial charge on any atom is -0.383 e. The van der Waals surface area contributed by atoms with Gasteiger partial charge in [-0.05, 0) is 26.1 Å². The van der Waals surface area contributed by atoms with Crippen LogP contribution in [0.4, 0.5) is 0 Å². The summed E-state index contributed by atoms with van der Waals surface area (Å²) >= 11 is 0. The Morgan fingerprint density at radius 3 is 2.48 bits per heavy atom. The fourth-order valence-corrected chi connectivity index (χ4v) is 3.14. The van der Waals surface area contributed by atoms with Crippen LogP contribution < -0.4 is 0 Å². The number of carbonyl (C=O) groups excluding carboxylic acids is 1. The number of amides is 1. The lowest BCUT2D eigenvalue weighted by Gasteiger charge is -2.48. The van der Waals surface area contributed by atoms with Crippen LogP contribution in [0.2, 0.25) is 0 Å². The van der Waals surface area contributed by atoms with E-state index in [0.29, 0.717) is 19.5 Å². The molecule has 4 heteroatoms. The van der Waals surface area contributed by atoms with Crippen molar-refractivity contribution >= 4 is 5.91 Å². The molecule has 1 saturated heterocycles. The van der Waals surface area contributed by atoms with Gasteiger partial charge in [-0.2, -0.15) is 0 Å². The summed E-state index contributed by atoms with van der Waals surface area (Å²) in [6.45, 7) is 5.01. The molecule has 0 spiro atoms. The molecule has 0 aromatic heterocycles. The Hall–Kier alpha value is -1.39. The minimum absolute atomic E-state index is 0.00395. The van der Waals surface area contributed by atoms with Gasteiger partial charge in [0.2, 0.25) is 5.91 Å². The normalized spacial score (nSPS) is 26.4. The smallest absolute Gasteiger partial charge is 0.225 e. The maximum atomic E-state index is 12.2. The number of likely N-dealkylation sites (tertiary alicyclic amines) is 1. The van der Waals surface area contributed by atoms with Crippen LogP contribution in [0.3, 0.4) is 0 Å². The maximum absolute atomic E-state index is 12.2. The van der Waals surface area contributed by atoms with Crippen LogP contribution >= 0.6 is 0 Å². The Morgan fingerprint density at radius 2 is 1.95 bits per heavy atom. The first-order valence-electron chi connectivity index (χ1n) is 7.59. The first-order chi connectivity index (χ1) is 9.86. The molecular formula is C17H26N2O2. The highest BCUT2D eigenvalue weighted by molar-refractivity contribution is 5.78. The third-order valence-corrected chi connectivity index (χ3v) is 4.41. The summed E-state index contributed by atoms with van der Waals surface area (Å²) < 4.78 is 0. The van der Waals surface area contributed by atoms with Crippen molar-refractivity contribution in [3.05, 3.63) is 35.9 Å². The number of benzene rings is 1. The second-order valence-corrected chi connectivity index (χ2v) is 6.46. The van der Waals surface area contributed by atoms with Gasteiger partial charge < -0.3 is 14.9 Å². The van der Waals surface area contributed by atoms with Crippen molar-refractivity contribution in [2.45, 2.75) is 31.9 Å². The van der Waals surface area contributed by atoms with Crippen LogP contribution in [-0.4, -0.2) is 54.0 Å². The average Bonchev–Trinajstić information content (AvgIpc) is 2.47. The molecule has 4 nitrogen and oxygen atoms in total. The highest BCUT2D eigenvalue weighted by Gasteiger charge is 2.45. The van der Waals surface area contributed by atoms with Crippen molar-refractivity contribution in [2.75, 3.05) is 27.2 Å². The van der Waals surface area contributed by atoms with Crippen molar-refractivity contribution in [3.8, 4) is 0 Å². The van der Waals surface area contributed by atoms with Gasteiger partial charge >= 0.3 is 0 Å². The third-order valence-electron chi connectivity index (χ3n) is 4.41. The fraction of sp³-hybridized carbons (Fsp3) is 0.588. The van der Waals surface area contributed by atoms with E-state index in [1.165, 1.54) is 0 Å². The number of hydrogen-bond acceptors (Lipinski definition) is 3. The number of likely N-dealkylation sites (N-methyl/N-ethyl adjacent to an activating group) is 1. The van der Waals surface area contributed by atoms with E-state index in [4.69, 9.17) is 0 Å². The van der Waals surface area contributed by atoms with E-state index in [1.807, 2.05) is 68.1 Å². The molecule has 0 bridgehead atoms. The molecule has 2 atom stereocenters. The molecule has 1 aliphatic rings. The first kappa shape index (κ1) is 16.0. The summed E-state index contributed by atoms with van der Waals surface area (Å²) in [6, 6.07) is 9.69. The molecule has 1 unspecified atom stereocenters. The lowest BCUT2D eigenvalue weighted by atomic mass is 9.79. The van der Waals surface area contributed by atoms with Crippen molar-refractivity contribution in [1.82, 2.24) is 9.80 Å². The third kappa shape index (κ3) is 3.11. The van der Waals surface area contributed by atoms with E-state index in [-0.39, 0.29) is 17.9 Å². The van der Waals surface area contributed by atoms with E-state index in [9.17, 15) is 9.90 Å². The summed E-state index contributed by atoms with van der Waals surface area (Å²) in [4.78, 5) is 16.1. The molecule has 21 heavy (non-hydrogen) atoms. The zero-order valence-electron chi connectivity index (χ0n) is 13.4. The summed E-state index contributed by atoms with van der Waals surface area (Å²) in [7, 11) is 3.92. The maximum Gasteiger partial charge on any atom is 0.225 e. The van der Waals surface area contributed by atoms with E-state index in [0.717, 1.165) is 5.56 Å². The molecule has 1 aliphatic heterocycles. The molecule has 1 aromatic rings. The number of hydrogen-bond donors (Lipinski definition) is 1. The van der Waals surface area contributed by atoms with Crippen LogP contribution in [0, 0.1) is 5.92 Å². The number of aliphatic hydroxyl groups is 1. The number of rotatable bonds is 3. The molecule has 1 fully saturated rings. The Labute approximate surface area is 127 Å². The van der Waals surface area contributed by atoms with Crippen molar-refractivity contribution in [1.29, 1.82) is 0 Å². The summed E-state index contributed by atoms with van der Waals surface area (Å²) in [5.74, 6) is 0.160. The monoisotopic (exact) mass is 290 g/mol. The number of carbonyl (C=O) groups is 1. The quantitative estimate of drug-likeness (QED) is 0.921. The molecule has 2 rings (SSSR count). The minimum atomic E-state index is -0.904. The van der Waals surface area contributed by atoms with Crippen molar-refractivity contribution < 1.29 is 9.90 Å². The standard InChI is InChI=1S/C17H26N2O2/c1-13(2)16(20)19-11-10-17(21,15(12-19)18(3)4)14-8-6-5-7-9-14/h5-9,13,15,21H,10-12H2,1-4H3/t15-,17?/m1/s1. The van der Waals surface area contributed by atoms with Gasteiger partial charge in [-0.15, -0.1) is 0 Å². The Balaban J connectivity index is 2.27. The van der Waals surface area contributed by atoms with E-state index < -0.39 is 5.60 Å². The van der Waals surface area contributed by atoms with Gasteiger partial charge in [0.25, 0.3) is 0 Å². The van der Waals surface area contributed by atoms with Crippen LogP contribution in [0.5, 0.6) is 0 Å². The van der Waals surface area contributed by atoms with Gasteiger partial charge in [0, 0.05) is 19.0 Å². The molecule has 1 N–H and O–H groups in total. The predicted molar refractivity (Wildman–Crippen MR) is 83.8 cm³/mol. The summed E-state index contributed by atoms with van der Waals surface area (Å²) in [5.41, 5.74) is 0.0266. The molecule has 0 saturated carbocycles. The van der Waals surface area contributed by atoms with E-state index >= 15 is 0 Å². The van der Waals surface area contributed by atoms with Gasteiger partial charge in [-0.3, -0.25) is 4.79 Å². The Morgan fingerprint density at radius 1 is 1.33 bits per heavy atom. The summed E-state index contributed by atoms with van der Waals surface area (Å²) in [5, 5.41) is 11.2. The molecule has 116 valence electrons. The van der Waals surface area contributed by atoms with E-state index in [1.54, 1.807) is 0 Å². The second-order valence-electron chi connectivity index (χ2n) is 6.46. The van der Waals surface area contributed by atoms with E-state index in [2.05, 4.69) is 0 Å².